The van der Waals surface area contributed by atoms with Crippen molar-refractivity contribution in [2.75, 3.05) is 53.6 Å². The Hall–Kier alpha value is -2.06. The number of ether oxygens (including phenoxy) is 2. The molecule has 2 N–H and O–H groups in total. The molecule has 1 atom stereocenters. The maximum absolute atomic E-state index is 11.8. The van der Waals surface area contributed by atoms with Crippen LogP contribution in [0.4, 0.5) is 0 Å². The molecule has 0 saturated carbocycles. The van der Waals surface area contributed by atoms with Crippen LogP contribution in [0.1, 0.15) is 25.0 Å². The molecule has 0 aliphatic carbocycles. The van der Waals surface area contributed by atoms with Gasteiger partial charge in [-0.05, 0) is 31.4 Å². The molecule has 0 radical (unpaired) electrons. The molecule has 1 aromatic rings. The lowest BCUT2D eigenvalue weighted by Gasteiger charge is -2.14. The number of amides is 1. The molecule has 8 heteroatoms. The van der Waals surface area contributed by atoms with Crippen LogP contribution >= 0.6 is 0 Å². The lowest BCUT2D eigenvalue weighted by atomic mass is 10.2. The largest absolute Gasteiger partial charge is 0.469 e. The Bertz CT molecular complexity index is 554. The minimum atomic E-state index is -0.0398. The topological polar surface area (TPSA) is 88.3 Å². The summed E-state index contributed by atoms with van der Waals surface area (Å²) in [5.41, 5.74) is 0. The van der Waals surface area contributed by atoms with Crippen molar-refractivity contribution >= 4 is 11.9 Å². The van der Waals surface area contributed by atoms with Gasteiger partial charge in [0.15, 0.2) is 5.96 Å². The smallest absolute Gasteiger partial charge is 0.243 e. The molecule has 1 fully saturated rings. The number of nitrogens with one attached hydrogen (secondary N) is 2. The molecular weight excluding hydrogens is 348 g/mol. The lowest BCUT2D eigenvalue weighted by Crippen LogP contribution is -2.40. The van der Waals surface area contributed by atoms with Gasteiger partial charge in [0.25, 0.3) is 0 Å². The third-order valence-corrected chi connectivity index (χ3v) is 4.20. The first kappa shape index (κ1) is 21.2. The Labute approximate surface area is 161 Å². The fraction of sp³-hybridized carbons (Fsp3) is 0.684. The predicted octanol–water partition coefficient (Wildman–Crippen LogP) is 1.03. The molecule has 8 nitrogen and oxygen atoms in total. The Balaban J connectivity index is 1.66. The van der Waals surface area contributed by atoms with Gasteiger partial charge in [0.2, 0.25) is 5.91 Å². The maximum Gasteiger partial charge on any atom is 0.243 e. The highest BCUT2D eigenvalue weighted by Crippen LogP contribution is 2.11. The fourth-order valence-electron chi connectivity index (χ4n) is 2.59. The third kappa shape index (κ3) is 8.92. The zero-order valence-electron chi connectivity index (χ0n) is 16.4. The second-order valence-corrected chi connectivity index (χ2v) is 6.70. The molecule has 0 spiro atoms. The van der Waals surface area contributed by atoms with Crippen LogP contribution in [0, 0.1) is 0 Å². The zero-order valence-corrected chi connectivity index (χ0v) is 16.4. The van der Waals surface area contributed by atoms with Crippen molar-refractivity contribution in [2.45, 2.75) is 31.8 Å². The summed E-state index contributed by atoms with van der Waals surface area (Å²) in [5, 5.41) is 6.48. The Morgan fingerprint density at radius 2 is 2.22 bits per heavy atom. The summed E-state index contributed by atoms with van der Waals surface area (Å²) in [4.78, 5) is 17.7. The van der Waals surface area contributed by atoms with E-state index in [1.54, 1.807) is 20.4 Å². The van der Waals surface area contributed by atoms with E-state index < -0.39 is 0 Å². The van der Waals surface area contributed by atoms with Crippen LogP contribution < -0.4 is 10.6 Å². The average Bonchev–Trinajstić information content (AvgIpc) is 3.35. The van der Waals surface area contributed by atoms with Gasteiger partial charge in [0.1, 0.15) is 12.3 Å². The molecule has 0 bridgehead atoms. The Kier molecular flexibility index (Phi) is 9.72. The van der Waals surface area contributed by atoms with Gasteiger partial charge >= 0.3 is 0 Å². The van der Waals surface area contributed by atoms with Gasteiger partial charge in [-0.15, -0.1) is 0 Å². The van der Waals surface area contributed by atoms with E-state index in [2.05, 4.69) is 15.6 Å². The van der Waals surface area contributed by atoms with E-state index in [1.807, 2.05) is 12.1 Å². The Morgan fingerprint density at radius 3 is 2.93 bits per heavy atom. The highest BCUT2D eigenvalue weighted by Gasteiger charge is 2.14. The molecule has 2 heterocycles. The molecule has 1 aliphatic heterocycles. The first-order chi connectivity index (χ1) is 13.1. The van der Waals surface area contributed by atoms with Gasteiger partial charge in [-0.3, -0.25) is 4.79 Å². The molecule has 1 saturated heterocycles. The van der Waals surface area contributed by atoms with E-state index in [1.165, 1.54) is 4.90 Å². The summed E-state index contributed by atoms with van der Waals surface area (Å²) in [6, 6.07) is 3.81. The molecule has 0 aromatic carbocycles. The number of furan rings is 1. The monoisotopic (exact) mass is 380 g/mol. The minimum absolute atomic E-state index is 0.0398. The highest BCUT2D eigenvalue weighted by molar-refractivity contribution is 5.84. The van der Waals surface area contributed by atoms with Crippen LogP contribution in [0.5, 0.6) is 0 Å². The SMILES string of the molecule is CN(C)C(=O)CN=C(NCCCOCC1CCCO1)NCCc1ccco1. The van der Waals surface area contributed by atoms with Gasteiger partial charge in [-0.2, -0.15) is 0 Å². The van der Waals surface area contributed by atoms with E-state index in [-0.39, 0.29) is 18.6 Å². The van der Waals surface area contributed by atoms with E-state index in [9.17, 15) is 4.79 Å². The predicted molar refractivity (Wildman–Crippen MR) is 104 cm³/mol. The van der Waals surface area contributed by atoms with Crippen LogP contribution in [0.15, 0.2) is 27.8 Å². The first-order valence-corrected chi connectivity index (χ1v) is 9.59. The van der Waals surface area contributed by atoms with Crippen LogP contribution in [-0.4, -0.2) is 76.4 Å². The number of hydrogen-bond donors (Lipinski definition) is 2. The van der Waals surface area contributed by atoms with Crippen molar-refractivity contribution in [2.24, 2.45) is 4.99 Å². The number of guanidine groups is 1. The number of hydrogen-bond acceptors (Lipinski definition) is 5. The van der Waals surface area contributed by atoms with Crippen LogP contribution in [0.3, 0.4) is 0 Å². The summed E-state index contributed by atoms with van der Waals surface area (Å²) >= 11 is 0. The van der Waals surface area contributed by atoms with Gasteiger partial charge in [0.05, 0.1) is 19.0 Å². The molecule has 27 heavy (non-hydrogen) atoms. The number of rotatable bonds is 11. The van der Waals surface area contributed by atoms with Crippen LogP contribution in [0.2, 0.25) is 0 Å². The van der Waals surface area contributed by atoms with E-state index in [0.29, 0.717) is 32.3 Å². The standard InChI is InChI=1S/C19H32N4O4/c1-23(2)18(24)14-22-19(21-10-8-16-6-3-12-26-16)20-9-5-11-25-15-17-7-4-13-27-17/h3,6,12,17H,4-5,7-11,13-15H2,1-2H3,(H2,20,21,22). The van der Waals surface area contributed by atoms with Crippen molar-refractivity contribution < 1.29 is 18.7 Å². The summed E-state index contributed by atoms with van der Waals surface area (Å²) in [5.74, 6) is 1.49. The number of carbonyl (C=O) groups excluding carboxylic acids is 1. The van der Waals surface area contributed by atoms with E-state index >= 15 is 0 Å². The quantitative estimate of drug-likeness (QED) is 0.339. The fourth-order valence-corrected chi connectivity index (χ4v) is 2.59. The lowest BCUT2D eigenvalue weighted by molar-refractivity contribution is -0.127. The van der Waals surface area contributed by atoms with Gasteiger partial charge < -0.3 is 29.4 Å². The number of carbonyl (C=O) groups is 1. The normalized spacial score (nSPS) is 17.1. The van der Waals surface area contributed by atoms with Crippen molar-refractivity contribution in [3.05, 3.63) is 24.2 Å². The van der Waals surface area contributed by atoms with Crippen LogP contribution in [0.25, 0.3) is 0 Å². The van der Waals surface area contributed by atoms with Gasteiger partial charge in [0, 0.05) is 46.8 Å². The number of likely N-dealkylation sites (N-methyl/N-ethyl adjacent to an activating group) is 1. The van der Waals surface area contributed by atoms with Crippen molar-refractivity contribution in [3.63, 3.8) is 0 Å². The van der Waals surface area contributed by atoms with Crippen molar-refractivity contribution in [3.8, 4) is 0 Å². The molecule has 152 valence electrons. The molecule has 1 amide bonds. The minimum Gasteiger partial charge on any atom is -0.469 e. The third-order valence-electron chi connectivity index (χ3n) is 4.20. The Morgan fingerprint density at radius 1 is 1.37 bits per heavy atom. The second kappa shape index (κ2) is 12.3. The highest BCUT2D eigenvalue weighted by atomic mass is 16.5. The number of nitrogens with zero attached hydrogens (tertiary/aromatic N) is 2. The average molecular weight is 380 g/mol. The van der Waals surface area contributed by atoms with Gasteiger partial charge in [-0.1, -0.05) is 0 Å². The zero-order chi connectivity index (χ0) is 19.3. The van der Waals surface area contributed by atoms with E-state index in [0.717, 1.165) is 38.1 Å². The summed E-state index contributed by atoms with van der Waals surface area (Å²) in [6.07, 6.45) is 5.75. The second-order valence-electron chi connectivity index (χ2n) is 6.70. The summed E-state index contributed by atoms with van der Waals surface area (Å²) in [6.45, 7) is 3.69. The number of aliphatic imine (C=N–C) groups is 1. The molecule has 1 unspecified atom stereocenters. The summed E-state index contributed by atoms with van der Waals surface area (Å²) < 4.78 is 16.5. The molecule has 1 aromatic heterocycles. The van der Waals surface area contributed by atoms with Crippen molar-refractivity contribution in [1.82, 2.24) is 15.5 Å². The van der Waals surface area contributed by atoms with Crippen molar-refractivity contribution in [1.29, 1.82) is 0 Å². The first-order valence-electron chi connectivity index (χ1n) is 9.59. The van der Waals surface area contributed by atoms with Crippen LogP contribution in [-0.2, 0) is 20.7 Å². The van der Waals surface area contributed by atoms with Gasteiger partial charge in [-0.25, -0.2) is 4.99 Å². The summed E-state index contributed by atoms with van der Waals surface area (Å²) in [7, 11) is 3.45. The van der Waals surface area contributed by atoms with E-state index in [4.69, 9.17) is 13.9 Å². The molecule has 2 rings (SSSR count). The molecular formula is C19H32N4O4. The maximum atomic E-state index is 11.8. The molecule has 1 aliphatic rings.